The number of hydrogen-bond acceptors (Lipinski definition) is 2. The van der Waals surface area contributed by atoms with E-state index in [0.29, 0.717) is 35.4 Å². The van der Waals surface area contributed by atoms with Crippen molar-refractivity contribution in [2.75, 3.05) is 13.1 Å². The van der Waals surface area contributed by atoms with E-state index < -0.39 is 88.5 Å². The van der Waals surface area contributed by atoms with Crippen molar-refractivity contribution in [1.82, 2.24) is 4.90 Å². The maximum absolute atomic E-state index is 13.7. The highest BCUT2D eigenvalue weighted by Crippen LogP contribution is 2.42. The molecule has 0 saturated carbocycles. The molecular formula is C36H27F12NO2. The lowest BCUT2D eigenvalue weighted by Crippen LogP contribution is -2.49. The summed E-state index contributed by atoms with van der Waals surface area (Å²) in [6.07, 6.45) is -21.7. The molecule has 3 nitrogen and oxygen atoms in total. The fraction of sp³-hybridized carbons (Fsp3) is 0.306. The van der Waals surface area contributed by atoms with Gasteiger partial charge in [0.05, 0.1) is 35.0 Å². The third-order valence-electron chi connectivity index (χ3n) is 8.57. The summed E-state index contributed by atoms with van der Waals surface area (Å²) in [6.45, 7) is -1.27. The highest BCUT2D eigenvalue weighted by Gasteiger charge is 2.42. The first-order chi connectivity index (χ1) is 23.7. The van der Waals surface area contributed by atoms with E-state index in [1.54, 1.807) is 60.7 Å². The van der Waals surface area contributed by atoms with Gasteiger partial charge in [-0.15, -0.1) is 0 Å². The molecule has 1 aliphatic rings. The van der Waals surface area contributed by atoms with E-state index in [-0.39, 0.29) is 31.6 Å². The normalized spacial score (nSPS) is 17.5. The number of rotatable bonds is 7. The van der Waals surface area contributed by atoms with Crippen LogP contribution in [0.1, 0.15) is 61.6 Å². The largest absolute Gasteiger partial charge is 0.416 e. The average Bonchev–Trinajstić information content (AvgIpc) is 3.06. The van der Waals surface area contributed by atoms with Crippen molar-refractivity contribution in [3.63, 3.8) is 0 Å². The quantitative estimate of drug-likeness (QED) is 0.177. The summed E-state index contributed by atoms with van der Waals surface area (Å²) in [5.74, 6) is -2.61. The summed E-state index contributed by atoms with van der Waals surface area (Å²) < 4.78 is 169. The number of nitrogens with zero attached hydrogens (tertiary/aromatic N) is 1. The minimum absolute atomic E-state index is 0.0186. The second-order valence-corrected chi connectivity index (χ2v) is 12.1. The van der Waals surface area contributed by atoms with Gasteiger partial charge in [0, 0.05) is 30.5 Å². The molecule has 4 aromatic carbocycles. The van der Waals surface area contributed by atoms with Gasteiger partial charge in [0.15, 0.2) is 0 Å². The van der Waals surface area contributed by atoms with Crippen molar-refractivity contribution >= 4 is 5.91 Å². The van der Waals surface area contributed by atoms with Crippen LogP contribution in [-0.2, 0) is 36.0 Å². The predicted molar refractivity (Wildman–Crippen MR) is 160 cm³/mol. The maximum atomic E-state index is 13.7. The summed E-state index contributed by atoms with van der Waals surface area (Å²) >= 11 is 0. The topological polar surface area (TPSA) is 29.5 Å². The van der Waals surface area contributed by atoms with E-state index in [9.17, 15) is 57.5 Å². The van der Waals surface area contributed by atoms with Crippen molar-refractivity contribution in [3.8, 4) is 0 Å². The molecular weight excluding hydrogens is 706 g/mol. The Kier molecular flexibility index (Phi) is 10.5. The Morgan fingerprint density at radius 3 is 1.45 bits per heavy atom. The zero-order valence-electron chi connectivity index (χ0n) is 26.1. The van der Waals surface area contributed by atoms with Crippen LogP contribution in [0, 0.1) is 5.92 Å². The molecule has 1 aliphatic heterocycles. The van der Waals surface area contributed by atoms with Gasteiger partial charge < -0.3 is 9.64 Å². The Bertz CT molecular complexity index is 1710. The van der Waals surface area contributed by atoms with E-state index in [4.69, 9.17) is 4.74 Å². The molecule has 0 N–H and O–H groups in total. The Balaban J connectivity index is 1.54. The van der Waals surface area contributed by atoms with Gasteiger partial charge in [0.1, 0.15) is 0 Å². The van der Waals surface area contributed by atoms with Crippen LogP contribution in [0.15, 0.2) is 97.1 Å². The molecule has 4 aromatic rings. The first-order valence-electron chi connectivity index (χ1n) is 15.3. The molecule has 1 saturated heterocycles. The van der Waals surface area contributed by atoms with E-state index >= 15 is 0 Å². The van der Waals surface area contributed by atoms with Gasteiger partial charge in [0.2, 0.25) is 0 Å². The van der Waals surface area contributed by atoms with Crippen LogP contribution < -0.4 is 0 Å². The number of alkyl halides is 12. The molecule has 51 heavy (non-hydrogen) atoms. The average molecular weight is 734 g/mol. The van der Waals surface area contributed by atoms with E-state index in [1.807, 2.05) is 0 Å². The number of benzene rings is 4. The first-order valence-corrected chi connectivity index (χ1v) is 15.3. The fourth-order valence-electron chi connectivity index (χ4n) is 6.25. The summed E-state index contributed by atoms with van der Waals surface area (Å²) in [5, 5.41) is 0. The summed E-state index contributed by atoms with van der Waals surface area (Å²) in [6, 6.07) is 18.8. The van der Waals surface area contributed by atoms with E-state index in [1.165, 1.54) is 0 Å². The molecule has 1 fully saturated rings. The monoisotopic (exact) mass is 733 g/mol. The Morgan fingerprint density at radius 1 is 0.627 bits per heavy atom. The van der Waals surface area contributed by atoms with Crippen LogP contribution in [0.4, 0.5) is 52.7 Å². The number of amides is 1. The molecule has 0 radical (unpaired) electrons. The first kappa shape index (κ1) is 37.7. The van der Waals surface area contributed by atoms with Gasteiger partial charge in [-0.2, -0.15) is 52.7 Å². The molecule has 1 amide bonds. The number of hydrogen-bond donors (Lipinski definition) is 0. The number of carbonyl (C=O) groups is 1. The number of halogens is 12. The Hall–Kier alpha value is -4.53. The maximum Gasteiger partial charge on any atom is 0.416 e. The lowest BCUT2D eigenvalue weighted by molar-refractivity contribution is -0.144. The van der Waals surface area contributed by atoms with Crippen molar-refractivity contribution < 1.29 is 62.2 Å². The number of carbonyl (C=O) groups excluding carboxylic acids is 1. The zero-order chi connectivity index (χ0) is 37.4. The molecule has 15 heteroatoms. The van der Waals surface area contributed by atoms with Crippen LogP contribution in [0.5, 0.6) is 0 Å². The Morgan fingerprint density at radius 2 is 1.04 bits per heavy atom. The second-order valence-electron chi connectivity index (χ2n) is 12.1. The van der Waals surface area contributed by atoms with Gasteiger partial charge in [-0.3, -0.25) is 4.79 Å². The van der Waals surface area contributed by atoms with Crippen LogP contribution >= 0.6 is 0 Å². The summed E-state index contributed by atoms with van der Waals surface area (Å²) in [4.78, 5) is 14.8. The minimum atomic E-state index is -5.21. The molecule has 2 atom stereocenters. The van der Waals surface area contributed by atoms with Crippen molar-refractivity contribution in [1.29, 1.82) is 0 Å². The van der Waals surface area contributed by atoms with Gasteiger partial charge in [-0.1, -0.05) is 60.7 Å². The van der Waals surface area contributed by atoms with Gasteiger partial charge in [0.25, 0.3) is 5.91 Å². The predicted octanol–water partition coefficient (Wildman–Crippen LogP) is 10.6. The number of likely N-dealkylation sites (tertiary alicyclic amines) is 1. The second kappa shape index (κ2) is 14.2. The van der Waals surface area contributed by atoms with E-state index in [0.717, 1.165) is 4.90 Å². The summed E-state index contributed by atoms with van der Waals surface area (Å²) in [7, 11) is 0. The van der Waals surface area contributed by atoms with Crippen LogP contribution in [0.2, 0.25) is 0 Å². The lowest BCUT2D eigenvalue weighted by Gasteiger charge is -2.42. The number of ether oxygens (including phenoxy) is 1. The molecule has 272 valence electrons. The smallest absolute Gasteiger partial charge is 0.373 e. The van der Waals surface area contributed by atoms with Crippen LogP contribution in [-0.4, -0.2) is 30.0 Å². The molecule has 0 aromatic heterocycles. The lowest BCUT2D eigenvalue weighted by atomic mass is 9.75. The van der Waals surface area contributed by atoms with Crippen molar-refractivity contribution in [3.05, 3.63) is 142 Å². The molecule has 2 unspecified atom stereocenters. The zero-order valence-corrected chi connectivity index (χ0v) is 26.1. The molecule has 0 bridgehead atoms. The van der Waals surface area contributed by atoms with Crippen molar-refractivity contribution in [2.24, 2.45) is 5.92 Å². The third-order valence-corrected chi connectivity index (χ3v) is 8.57. The molecule has 5 rings (SSSR count). The van der Waals surface area contributed by atoms with Gasteiger partial charge >= 0.3 is 24.7 Å². The number of piperidine rings is 1. The summed E-state index contributed by atoms with van der Waals surface area (Å²) in [5.41, 5.74) is -6.43. The highest BCUT2D eigenvalue weighted by molar-refractivity contribution is 5.94. The van der Waals surface area contributed by atoms with Crippen molar-refractivity contribution in [2.45, 2.75) is 49.8 Å². The SMILES string of the molecule is O=C(c1cc(C(F)(F)F)cc(C(F)(F)F)c1)N1CCC(OCc2cc(C(F)(F)F)cc(C(F)(F)F)c2)C(C(c2ccccc2)c2ccccc2)C1. The van der Waals surface area contributed by atoms with Crippen LogP contribution in [0.25, 0.3) is 0 Å². The van der Waals surface area contributed by atoms with Crippen LogP contribution in [0.3, 0.4) is 0 Å². The fourth-order valence-corrected chi connectivity index (χ4v) is 6.25. The van der Waals surface area contributed by atoms with Gasteiger partial charge in [-0.05, 0) is 59.5 Å². The molecule has 0 spiro atoms. The standard InChI is InChI=1S/C36H27F12NO2/c37-33(38,39)25-13-21(14-26(17-25)34(40,41)42)20-51-30-11-12-49(32(50)24-15-27(35(43,44)45)18-28(16-24)36(46,47)48)19-29(30)31(22-7-3-1-4-8-22)23-9-5-2-6-10-23/h1-10,13-18,29-31H,11-12,19-20H2. The van der Waals surface area contributed by atoms with E-state index in [2.05, 4.69) is 0 Å². The highest BCUT2D eigenvalue weighted by atomic mass is 19.4. The van der Waals surface area contributed by atoms with Gasteiger partial charge in [-0.25, -0.2) is 0 Å². The molecule has 0 aliphatic carbocycles. The Labute approximate surface area is 283 Å². The third kappa shape index (κ3) is 9.04. The molecule has 1 heterocycles. The minimum Gasteiger partial charge on any atom is -0.373 e.